The zero-order chi connectivity index (χ0) is 14.7. The first kappa shape index (κ1) is 14.4. The molecule has 20 heavy (non-hydrogen) atoms. The van der Waals surface area contributed by atoms with Gasteiger partial charge in [-0.2, -0.15) is 0 Å². The number of carbonyl (C=O) groups excluding carboxylic acids is 1. The Labute approximate surface area is 118 Å². The van der Waals surface area contributed by atoms with E-state index in [1.807, 2.05) is 17.9 Å². The van der Waals surface area contributed by atoms with Crippen LogP contribution in [0.2, 0.25) is 0 Å². The number of carboxylic acid groups (broad SMARTS) is 1. The molecule has 2 rings (SSSR count). The Morgan fingerprint density at radius 3 is 2.80 bits per heavy atom. The maximum atomic E-state index is 11.8. The molecule has 0 aliphatic carbocycles. The van der Waals surface area contributed by atoms with Gasteiger partial charge in [-0.25, -0.2) is 4.79 Å². The maximum absolute atomic E-state index is 11.8. The Morgan fingerprint density at radius 2 is 2.15 bits per heavy atom. The van der Waals surface area contributed by atoms with Crippen molar-refractivity contribution in [3.8, 4) is 0 Å². The van der Waals surface area contributed by atoms with Crippen molar-refractivity contribution in [3.63, 3.8) is 0 Å². The number of piperidine rings is 1. The zero-order valence-corrected chi connectivity index (χ0v) is 11.8. The predicted molar refractivity (Wildman–Crippen MR) is 77.1 cm³/mol. The lowest BCUT2D eigenvalue weighted by atomic mass is 9.95. The standard InChI is InChI=1S/C15H20N2O3/c1-10-5-6-12(15(19)20)13(8-10)17-7-3-4-11(9-17)14(18)16-2/h5-6,8,11H,3-4,7,9H2,1-2H3,(H,16,18)(H,19,20). The number of benzene rings is 1. The molecule has 1 atom stereocenters. The number of nitrogens with zero attached hydrogens (tertiary/aromatic N) is 1. The highest BCUT2D eigenvalue weighted by atomic mass is 16.4. The van der Waals surface area contributed by atoms with Gasteiger partial charge in [0.15, 0.2) is 0 Å². The third-order valence-electron chi connectivity index (χ3n) is 3.76. The molecule has 0 bridgehead atoms. The number of anilines is 1. The minimum Gasteiger partial charge on any atom is -0.478 e. The molecule has 1 aliphatic rings. The quantitative estimate of drug-likeness (QED) is 0.881. The van der Waals surface area contributed by atoms with E-state index in [0.717, 1.165) is 24.9 Å². The van der Waals surface area contributed by atoms with E-state index in [1.54, 1.807) is 19.2 Å². The van der Waals surface area contributed by atoms with Gasteiger partial charge in [-0.05, 0) is 37.5 Å². The fraction of sp³-hybridized carbons (Fsp3) is 0.467. The second-order valence-electron chi connectivity index (χ2n) is 5.23. The smallest absolute Gasteiger partial charge is 0.337 e. The minimum absolute atomic E-state index is 0.0271. The highest BCUT2D eigenvalue weighted by molar-refractivity contribution is 5.94. The van der Waals surface area contributed by atoms with Crippen LogP contribution in [0, 0.1) is 12.8 Å². The van der Waals surface area contributed by atoms with Crippen molar-refractivity contribution in [1.29, 1.82) is 0 Å². The first-order valence-electron chi connectivity index (χ1n) is 6.83. The van der Waals surface area contributed by atoms with Crippen molar-refractivity contribution in [3.05, 3.63) is 29.3 Å². The van der Waals surface area contributed by atoms with Crippen molar-refractivity contribution in [2.45, 2.75) is 19.8 Å². The van der Waals surface area contributed by atoms with E-state index < -0.39 is 5.97 Å². The highest BCUT2D eigenvalue weighted by Gasteiger charge is 2.27. The molecule has 108 valence electrons. The minimum atomic E-state index is -0.929. The van der Waals surface area contributed by atoms with Crippen molar-refractivity contribution in [1.82, 2.24) is 5.32 Å². The molecule has 1 unspecified atom stereocenters. The summed E-state index contributed by atoms with van der Waals surface area (Å²) < 4.78 is 0. The monoisotopic (exact) mass is 276 g/mol. The molecule has 1 aromatic carbocycles. The van der Waals surface area contributed by atoms with E-state index in [1.165, 1.54) is 0 Å². The van der Waals surface area contributed by atoms with E-state index in [-0.39, 0.29) is 11.8 Å². The summed E-state index contributed by atoms with van der Waals surface area (Å²) in [4.78, 5) is 25.1. The molecular formula is C15H20N2O3. The van der Waals surface area contributed by atoms with Crippen LogP contribution < -0.4 is 10.2 Å². The molecule has 1 fully saturated rings. The van der Waals surface area contributed by atoms with E-state index >= 15 is 0 Å². The number of carboxylic acids is 1. The normalized spacial score (nSPS) is 18.7. The number of hydrogen-bond acceptors (Lipinski definition) is 3. The molecular weight excluding hydrogens is 256 g/mol. The van der Waals surface area contributed by atoms with Crippen LogP contribution in [0.1, 0.15) is 28.8 Å². The number of amides is 1. The van der Waals surface area contributed by atoms with Crippen LogP contribution >= 0.6 is 0 Å². The van der Waals surface area contributed by atoms with E-state index in [2.05, 4.69) is 5.32 Å². The molecule has 1 heterocycles. The van der Waals surface area contributed by atoms with Crippen molar-refractivity contribution >= 4 is 17.6 Å². The predicted octanol–water partition coefficient (Wildman–Crippen LogP) is 1.66. The number of carbonyl (C=O) groups is 2. The summed E-state index contributed by atoms with van der Waals surface area (Å²) in [5.41, 5.74) is 2.03. The Hall–Kier alpha value is -2.04. The second-order valence-corrected chi connectivity index (χ2v) is 5.23. The molecule has 0 radical (unpaired) electrons. The lowest BCUT2D eigenvalue weighted by Gasteiger charge is -2.34. The number of aryl methyl sites for hydroxylation is 1. The summed E-state index contributed by atoms with van der Waals surface area (Å²) >= 11 is 0. The Balaban J connectivity index is 2.28. The Kier molecular flexibility index (Phi) is 4.27. The van der Waals surface area contributed by atoms with Gasteiger partial charge >= 0.3 is 5.97 Å². The Bertz CT molecular complexity index is 528. The van der Waals surface area contributed by atoms with E-state index in [4.69, 9.17) is 0 Å². The molecule has 0 aromatic heterocycles. The number of nitrogens with one attached hydrogen (secondary N) is 1. The van der Waals surface area contributed by atoms with Crippen LogP contribution in [-0.2, 0) is 4.79 Å². The SMILES string of the molecule is CNC(=O)C1CCCN(c2cc(C)ccc2C(=O)O)C1. The van der Waals surface area contributed by atoms with Crippen LogP contribution in [-0.4, -0.2) is 37.1 Å². The topological polar surface area (TPSA) is 69.6 Å². The first-order chi connectivity index (χ1) is 9.52. The summed E-state index contributed by atoms with van der Waals surface area (Å²) in [6.07, 6.45) is 1.75. The van der Waals surface area contributed by atoms with Crippen LogP contribution in [0.3, 0.4) is 0 Å². The van der Waals surface area contributed by atoms with E-state index in [9.17, 15) is 14.7 Å². The van der Waals surface area contributed by atoms with Crippen molar-refractivity contribution < 1.29 is 14.7 Å². The summed E-state index contributed by atoms with van der Waals surface area (Å²) in [6, 6.07) is 5.32. The lowest BCUT2D eigenvalue weighted by Crippen LogP contribution is -2.42. The van der Waals surface area contributed by atoms with Gasteiger partial charge in [-0.15, -0.1) is 0 Å². The van der Waals surface area contributed by atoms with Gasteiger partial charge in [0, 0.05) is 20.1 Å². The molecule has 0 saturated carbocycles. The molecule has 1 amide bonds. The number of hydrogen-bond donors (Lipinski definition) is 2. The van der Waals surface area contributed by atoms with Crippen LogP contribution in [0.15, 0.2) is 18.2 Å². The third-order valence-corrected chi connectivity index (χ3v) is 3.76. The highest BCUT2D eigenvalue weighted by Crippen LogP contribution is 2.27. The van der Waals surface area contributed by atoms with Crippen LogP contribution in [0.25, 0.3) is 0 Å². The van der Waals surface area contributed by atoms with Crippen molar-refractivity contribution in [2.24, 2.45) is 5.92 Å². The summed E-state index contributed by atoms with van der Waals surface area (Å²) in [5.74, 6) is -0.975. The molecule has 1 aromatic rings. The molecule has 1 aliphatic heterocycles. The fourth-order valence-corrected chi connectivity index (χ4v) is 2.70. The van der Waals surface area contributed by atoms with Gasteiger partial charge in [0.1, 0.15) is 0 Å². The third kappa shape index (κ3) is 2.92. The van der Waals surface area contributed by atoms with Gasteiger partial charge in [-0.1, -0.05) is 6.07 Å². The van der Waals surface area contributed by atoms with Gasteiger partial charge in [0.05, 0.1) is 17.2 Å². The fourth-order valence-electron chi connectivity index (χ4n) is 2.70. The van der Waals surface area contributed by atoms with Gasteiger partial charge in [0.2, 0.25) is 5.91 Å². The molecule has 0 spiro atoms. The first-order valence-corrected chi connectivity index (χ1v) is 6.83. The second kappa shape index (κ2) is 5.94. The van der Waals surface area contributed by atoms with Crippen LogP contribution in [0.4, 0.5) is 5.69 Å². The molecule has 5 heteroatoms. The largest absolute Gasteiger partial charge is 0.478 e. The zero-order valence-electron chi connectivity index (χ0n) is 11.8. The van der Waals surface area contributed by atoms with Gasteiger partial charge < -0.3 is 15.3 Å². The Morgan fingerprint density at radius 1 is 1.40 bits per heavy atom. The van der Waals surface area contributed by atoms with Gasteiger partial charge in [0.25, 0.3) is 0 Å². The molecule has 5 nitrogen and oxygen atoms in total. The summed E-state index contributed by atoms with van der Waals surface area (Å²) in [6.45, 7) is 3.30. The van der Waals surface area contributed by atoms with Gasteiger partial charge in [-0.3, -0.25) is 4.79 Å². The molecule has 1 saturated heterocycles. The number of rotatable bonds is 3. The maximum Gasteiger partial charge on any atom is 0.337 e. The number of aromatic carboxylic acids is 1. The summed E-state index contributed by atoms with van der Waals surface area (Å²) in [5, 5.41) is 12.0. The lowest BCUT2D eigenvalue weighted by molar-refractivity contribution is -0.124. The average Bonchev–Trinajstić information content (AvgIpc) is 2.46. The summed E-state index contributed by atoms with van der Waals surface area (Å²) in [7, 11) is 1.64. The van der Waals surface area contributed by atoms with E-state index in [0.29, 0.717) is 17.8 Å². The van der Waals surface area contributed by atoms with Crippen LogP contribution in [0.5, 0.6) is 0 Å². The van der Waals surface area contributed by atoms with Crippen molar-refractivity contribution in [2.75, 3.05) is 25.0 Å². The molecule has 2 N–H and O–H groups in total. The average molecular weight is 276 g/mol.